The smallest absolute Gasteiger partial charge is 0.120 e. The van der Waals surface area contributed by atoms with Crippen LogP contribution in [0, 0.1) is 0 Å². The number of hydrogen-bond donors (Lipinski definition) is 0. The molecule has 0 aliphatic carbocycles. The highest BCUT2D eigenvalue weighted by atomic mass is 16.1. The van der Waals surface area contributed by atoms with E-state index in [0.717, 1.165) is 32.0 Å². The Balaban J connectivity index is 2.42. The number of allylic oxidation sites excluding steroid dienone is 2. The van der Waals surface area contributed by atoms with Crippen molar-refractivity contribution in [2.75, 3.05) is 0 Å². The molecule has 1 aromatic rings. The maximum absolute atomic E-state index is 10.3. The maximum Gasteiger partial charge on any atom is 0.120 e. The largest absolute Gasteiger partial charge is 0.303 e. The highest BCUT2D eigenvalue weighted by Crippen LogP contribution is 2.22. The molecule has 0 N–H and O–H groups in total. The van der Waals surface area contributed by atoms with Crippen LogP contribution in [0.4, 0.5) is 0 Å². The van der Waals surface area contributed by atoms with E-state index in [0.29, 0.717) is 6.42 Å². The van der Waals surface area contributed by atoms with Crippen molar-refractivity contribution < 1.29 is 4.79 Å². The van der Waals surface area contributed by atoms with Gasteiger partial charge in [0.25, 0.3) is 0 Å². The zero-order valence-electron chi connectivity index (χ0n) is 13.4. The highest BCUT2D eigenvalue weighted by molar-refractivity contribution is 5.49. The average Bonchev–Trinajstić information content (AvgIpc) is 2.38. The van der Waals surface area contributed by atoms with Crippen LogP contribution in [0.25, 0.3) is 0 Å². The fourth-order valence-corrected chi connectivity index (χ4v) is 2.22. The monoisotopic (exact) mass is 272 g/mol. The lowest BCUT2D eigenvalue weighted by Crippen LogP contribution is -2.10. The van der Waals surface area contributed by atoms with Gasteiger partial charge in [-0.25, -0.2) is 0 Å². The lowest BCUT2D eigenvalue weighted by molar-refractivity contribution is -0.107. The minimum absolute atomic E-state index is 0.230. The summed E-state index contributed by atoms with van der Waals surface area (Å²) in [5, 5.41) is 0. The molecule has 0 aromatic heterocycles. The molecule has 0 amide bonds. The first kappa shape index (κ1) is 16.7. The van der Waals surface area contributed by atoms with Gasteiger partial charge >= 0.3 is 0 Å². The van der Waals surface area contributed by atoms with Gasteiger partial charge in [0.05, 0.1) is 0 Å². The van der Waals surface area contributed by atoms with E-state index >= 15 is 0 Å². The number of aryl methyl sites for hydroxylation is 1. The number of carbonyl (C=O) groups excluding carboxylic acids is 1. The summed E-state index contributed by atoms with van der Waals surface area (Å²) in [6.45, 7) is 8.89. The molecule has 0 saturated carbocycles. The number of aldehydes is 1. The van der Waals surface area contributed by atoms with Crippen LogP contribution in [0.5, 0.6) is 0 Å². The first-order chi connectivity index (χ1) is 9.43. The van der Waals surface area contributed by atoms with Crippen molar-refractivity contribution in [2.24, 2.45) is 0 Å². The van der Waals surface area contributed by atoms with Crippen LogP contribution in [0.15, 0.2) is 35.9 Å². The molecule has 1 heteroatoms. The zero-order valence-corrected chi connectivity index (χ0v) is 13.4. The van der Waals surface area contributed by atoms with E-state index in [1.807, 2.05) is 0 Å². The Labute approximate surface area is 124 Å². The Morgan fingerprint density at radius 1 is 1.10 bits per heavy atom. The van der Waals surface area contributed by atoms with Crippen molar-refractivity contribution in [3.63, 3.8) is 0 Å². The fraction of sp³-hybridized carbons (Fsp3) is 0.526. The molecule has 0 atom stereocenters. The summed E-state index contributed by atoms with van der Waals surface area (Å²) in [7, 11) is 0. The molecule has 1 nitrogen and oxygen atoms in total. The predicted octanol–water partition coefficient (Wildman–Crippen LogP) is 5.23. The second kappa shape index (κ2) is 8.04. The van der Waals surface area contributed by atoms with E-state index in [-0.39, 0.29) is 5.41 Å². The van der Waals surface area contributed by atoms with E-state index in [4.69, 9.17) is 0 Å². The molecule has 0 bridgehead atoms. The second-order valence-corrected chi connectivity index (χ2v) is 6.59. The van der Waals surface area contributed by atoms with Gasteiger partial charge < -0.3 is 4.79 Å². The summed E-state index contributed by atoms with van der Waals surface area (Å²) in [6.07, 6.45) is 8.19. The number of unbranched alkanes of at least 4 members (excludes halogenated alkanes) is 1. The zero-order chi connectivity index (χ0) is 15.0. The molecule has 0 spiro atoms. The SMILES string of the molecule is C/C(=C\CCc1ccc(C(C)(C)C)cc1)CCCC=O. The van der Waals surface area contributed by atoms with Gasteiger partial charge in [0.2, 0.25) is 0 Å². The quantitative estimate of drug-likeness (QED) is 0.377. The average molecular weight is 272 g/mol. The van der Waals surface area contributed by atoms with E-state index in [9.17, 15) is 4.79 Å². The normalized spacial score (nSPS) is 12.5. The van der Waals surface area contributed by atoms with Crippen molar-refractivity contribution in [3.05, 3.63) is 47.0 Å². The van der Waals surface area contributed by atoms with Gasteiger partial charge in [-0.05, 0) is 49.1 Å². The Kier molecular flexibility index (Phi) is 6.70. The topological polar surface area (TPSA) is 17.1 Å². The van der Waals surface area contributed by atoms with Gasteiger partial charge in [-0.15, -0.1) is 0 Å². The molecule has 0 fully saturated rings. The van der Waals surface area contributed by atoms with Gasteiger partial charge in [0.1, 0.15) is 6.29 Å². The van der Waals surface area contributed by atoms with Crippen LogP contribution < -0.4 is 0 Å². The number of carbonyl (C=O) groups is 1. The van der Waals surface area contributed by atoms with Gasteiger partial charge in [-0.1, -0.05) is 56.7 Å². The Bertz CT molecular complexity index is 432. The number of rotatable bonds is 7. The fourth-order valence-electron chi connectivity index (χ4n) is 2.22. The van der Waals surface area contributed by atoms with Crippen molar-refractivity contribution in [1.29, 1.82) is 0 Å². The Morgan fingerprint density at radius 3 is 2.30 bits per heavy atom. The summed E-state index contributed by atoms with van der Waals surface area (Å²) in [5.41, 5.74) is 4.42. The van der Waals surface area contributed by atoms with Gasteiger partial charge in [0, 0.05) is 6.42 Å². The predicted molar refractivity (Wildman–Crippen MR) is 87.1 cm³/mol. The third kappa shape index (κ3) is 6.18. The van der Waals surface area contributed by atoms with Crippen molar-refractivity contribution >= 4 is 6.29 Å². The van der Waals surface area contributed by atoms with Crippen molar-refractivity contribution in [2.45, 2.75) is 65.2 Å². The Hall–Kier alpha value is -1.37. The van der Waals surface area contributed by atoms with E-state index < -0.39 is 0 Å². The third-order valence-electron chi connectivity index (χ3n) is 3.64. The van der Waals surface area contributed by atoms with Crippen molar-refractivity contribution in [3.8, 4) is 0 Å². The van der Waals surface area contributed by atoms with Crippen LogP contribution in [-0.2, 0) is 16.6 Å². The summed E-state index contributed by atoms with van der Waals surface area (Å²) in [4.78, 5) is 10.3. The summed E-state index contributed by atoms with van der Waals surface area (Å²) in [6, 6.07) is 8.98. The standard InChI is InChI=1S/C19H28O/c1-16(8-5-6-15-20)9-7-10-17-11-13-18(14-12-17)19(2,3)4/h9,11-15H,5-8,10H2,1-4H3/b16-9+. The molecule has 0 radical (unpaired) electrons. The summed E-state index contributed by atoms with van der Waals surface area (Å²) < 4.78 is 0. The molecular formula is C19H28O. The van der Waals surface area contributed by atoms with E-state index in [2.05, 4.69) is 58.0 Å². The highest BCUT2D eigenvalue weighted by Gasteiger charge is 2.12. The Morgan fingerprint density at radius 2 is 1.75 bits per heavy atom. The third-order valence-corrected chi connectivity index (χ3v) is 3.64. The van der Waals surface area contributed by atoms with E-state index in [1.165, 1.54) is 16.7 Å². The van der Waals surface area contributed by atoms with Crippen LogP contribution >= 0.6 is 0 Å². The van der Waals surface area contributed by atoms with Gasteiger partial charge in [0.15, 0.2) is 0 Å². The molecule has 20 heavy (non-hydrogen) atoms. The minimum atomic E-state index is 0.230. The van der Waals surface area contributed by atoms with Crippen LogP contribution in [0.2, 0.25) is 0 Å². The molecular weight excluding hydrogens is 244 g/mol. The first-order valence-electron chi connectivity index (χ1n) is 7.62. The molecule has 1 rings (SSSR count). The van der Waals surface area contributed by atoms with Crippen molar-refractivity contribution in [1.82, 2.24) is 0 Å². The molecule has 0 unspecified atom stereocenters. The molecule has 1 aromatic carbocycles. The summed E-state index contributed by atoms with van der Waals surface area (Å²) in [5.74, 6) is 0. The first-order valence-corrected chi connectivity index (χ1v) is 7.62. The van der Waals surface area contributed by atoms with Crippen LogP contribution in [-0.4, -0.2) is 6.29 Å². The molecule has 0 heterocycles. The van der Waals surface area contributed by atoms with Crippen LogP contribution in [0.3, 0.4) is 0 Å². The molecule has 110 valence electrons. The van der Waals surface area contributed by atoms with Gasteiger partial charge in [-0.2, -0.15) is 0 Å². The lowest BCUT2D eigenvalue weighted by atomic mass is 9.86. The number of benzene rings is 1. The van der Waals surface area contributed by atoms with Gasteiger partial charge in [-0.3, -0.25) is 0 Å². The summed E-state index contributed by atoms with van der Waals surface area (Å²) >= 11 is 0. The lowest BCUT2D eigenvalue weighted by Gasteiger charge is -2.19. The number of hydrogen-bond acceptors (Lipinski definition) is 1. The van der Waals surface area contributed by atoms with Crippen LogP contribution in [0.1, 0.15) is 64.5 Å². The maximum atomic E-state index is 10.3. The molecule has 0 saturated heterocycles. The minimum Gasteiger partial charge on any atom is -0.303 e. The van der Waals surface area contributed by atoms with E-state index in [1.54, 1.807) is 0 Å². The molecule has 0 aliphatic heterocycles. The molecule has 0 aliphatic rings. The second-order valence-electron chi connectivity index (χ2n) is 6.59.